The molecule has 0 aliphatic heterocycles. The van der Waals surface area contributed by atoms with Gasteiger partial charge < -0.3 is 0 Å². The summed E-state index contributed by atoms with van der Waals surface area (Å²) in [6.07, 6.45) is 0. The van der Waals surface area contributed by atoms with Gasteiger partial charge in [0.05, 0.1) is 5.69 Å². The highest BCUT2D eigenvalue weighted by Crippen LogP contribution is 2.26. The van der Waals surface area contributed by atoms with Crippen LogP contribution in [0.1, 0.15) is 11.3 Å². The van der Waals surface area contributed by atoms with Crippen molar-refractivity contribution >= 4 is 33.0 Å². The Bertz CT molecular complexity index is 700. The van der Waals surface area contributed by atoms with Gasteiger partial charge in [-0.2, -0.15) is 0 Å². The molecule has 0 saturated heterocycles. The fraction of sp³-hybridized carbons (Fsp3) is 0.182. The molecule has 0 atom stereocenters. The van der Waals surface area contributed by atoms with Gasteiger partial charge in [0.1, 0.15) is 5.82 Å². The van der Waals surface area contributed by atoms with Crippen LogP contribution in [0.5, 0.6) is 0 Å². The lowest BCUT2D eigenvalue weighted by Crippen LogP contribution is -2.23. The number of nitrogens with one attached hydrogen (secondary N) is 1. The summed E-state index contributed by atoms with van der Waals surface area (Å²) < 4.78 is 40.0. The first-order chi connectivity index (χ1) is 8.90. The third-order valence-corrected chi connectivity index (χ3v) is 5.66. The Balaban J connectivity index is 2.19. The largest absolute Gasteiger partial charge is 0.252 e. The van der Waals surface area contributed by atoms with Crippen molar-refractivity contribution in [3.63, 3.8) is 0 Å². The SMILES string of the molecule is Cc1nc(Cl)sc1S(=O)(=O)NCc1ccccc1F. The molecule has 0 bridgehead atoms. The lowest BCUT2D eigenvalue weighted by Gasteiger charge is -2.06. The molecule has 0 spiro atoms. The number of rotatable bonds is 4. The van der Waals surface area contributed by atoms with Crippen LogP contribution in [-0.2, 0) is 16.6 Å². The van der Waals surface area contributed by atoms with Gasteiger partial charge in [-0.3, -0.25) is 0 Å². The molecule has 0 unspecified atom stereocenters. The van der Waals surface area contributed by atoms with Crippen molar-refractivity contribution in [2.24, 2.45) is 0 Å². The number of thiazole rings is 1. The standard InChI is InChI=1S/C11H10ClFN2O2S2/c1-7-10(18-11(12)15-7)19(16,17)14-6-8-4-2-3-5-9(8)13/h2-5,14H,6H2,1H3. The first kappa shape index (κ1) is 14.4. The highest BCUT2D eigenvalue weighted by atomic mass is 35.5. The van der Waals surface area contributed by atoms with Gasteiger partial charge in [-0.15, -0.1) is 0 Å². The predicted molar refractivity (Wildman–Crippen MR) is 72.3 cm³/mol. The number of hydrogen-bond acceptors (Lipinski definition) is 4. The Kier molecular flexibility index (Phi) is 4.19. The Morgan fingerprint density at radius 3 is 2.68 bits per heavy atom. The minimum Gasteiger partial charge on any atom is -0.229 e. The van der Waals surface area contributed by atoms with E-state index in [4.69, 9.17) is 11.6 Å². The third-order valence-electron chi connectivity index (χ3n) is 2.38. The van der Waals surface area contributed by atoms with E-state index in [1.54, 1.807) is 19.1 Å². The molecule has 2 rings (SSSR count). The normalized spacial score (nSPS) is 11.7. The highest BCUT2D eigenvalue weighted by Gasteiger charge is 2.21. The van der Waals surface area contributed by atoms with Crippen molar-refractivity contribution in [2.45, 2.75) is 17.7 Å². The third kappa shape index (κ3) is 3.30. The van der Waals surface area contributed by atoms with E-state index >= 15 is 0 Å². The molecule has 2 aromatic rings. The van der Waals surface area contributed by atoms with Crippen molar-refractivity contribution in [3.05, 3.63) is 45.8 Å². The molecule has 0 fully saturated rings. The minimum atomic E-state index is -3.73. The number of aryl methyl sites for hydroxylation is 1. The summed E-state index contributed by atoms with van der Waals surface area (Å²) in [6.45, 7) is 1.43. The molecule has 0 saturated carbocycles. The van der Waals surface area contributed by atoms with Crippen LogP contribution in [0.2, 0.25) is 4.47 Å². The summed E-state index contributed by atoms with van der Waals surface area (Å²) >= 11 is 6.54. The maximum absolute atomic E-state index is 13.4. The number of hydrogen-bond donors (Lipinski definition) is 1. The zero-order chi connectivity index (χ0) is 14.0. The second-order valence-corrected chi connectivity index (χ2v) is 7.30. The first-order valence-corrected chi connectivity index (χ1v) is 7.94. The maximum Gasteiger partial charge on any atom is 0.252 e. The zero-order valence-electron chi connectivity index (χ0n) is 9.85. The van der Waals surface area contributed by atoms with Gasteiger partial charge in [0.25, 0.3) is 10.0 Å². The van der Waals surface area contributed by atoms with E-state index in [1.807, 2.05) is 0 Å². The van der Waals surface area contributed by atoms with Gasteiger partial charge >= 0.3 is 0 Å². The predicted octanol–water partition coefficient (Wildman–Crippen LogP) is 2.72. The molecule has 1 N–H and O–H groups in total. The number of sulfonamides is 1. The van der Waals surface area contributed by atoms with E-state index in [2.05, 4.69) is 9.71 Å². The molecule has 1 aromatic carbocycles. The highest BCUT2D eigenvalue weighted by molar-refractivity contribution is 7.91. The first-order valence-electron chi connectivity index (χ1n) is 5.26. The van der Waals surface area contributed by atoms with E-state index in [0.717, 1.165) is 11.3 Å². The Labute approximate surface area is 119 Å². The summed E-state index contributed by atoms with van der Waals surface area (Å²) in [4.78, 5) is 3.84. The van der Waals surface area contributed by atoms with Crippen LogP contribution in [0, 0.1) is 12.7 Å². The molecular formula is C11H10ClFN2O2S2. The second-order valence-electron chi connectivity index (χ2n) is 3.76. The van der Waals surface area contributed by atoms with Crippen molar-refractivity contribution in [2.75, 3.05) is 0 Å². The van der Waals surface area contributed by atoms with Crippen molar-refractivity contribution in [1.82, 2.24) is 9.71 Å². The topological polar surface area (TPSA) is 59.1 Å². The van der Waals surface area contributed by atoms with E-state index in [1.165, 1.54) is 12.1 Å². The maximum atomic E-state index is 13.4. The zero-order valence-corrected chi connectivity index (χ0v) is 12.2. The van der Waals surface area contributed by atoms with Gasteiger partial charge in [0, 0.05) is 12.1 Å². The molecule has 102 valence electrons. The van der Waals surface area contributed by atoms with Crippen LogP contribution < -0.4 is 4.72 Å². The van der Waals surface area contributed by atoms with Crippen LogP contribution in [-0.4, -0.2) is 13.4 Å². The smallest absolute Gasteiger partial charge is 0.229 e. The van der Waals surface area contributed by atoms with Crippen LogP contribution >= 0.6 is 22.9 Å². The molecule has 4 nitrogen and oxygen atoms in total. The van der Waals surface area contributed by atoms with Crippen LogP contribution in [0.15, 0.2) is 28.5 Å². The van der Waals surface area contributed by atoms with E-state index in [9.17, 15) is 12.8 Å². The Morgan fingerprint density at radius 1 is 1.42 bits per heavy atom. The van der Waals surface area contributed by atoms with Gasteiger partial charge in [-0.1, -0.05) is 41.1 Å². The number of aromatic nitrogens is 1. The Morgan fingerprint density at radius 2 is 2.11 bits per heavy atom. The second kappa shape index (κ2) is 5.54. The summed E-state index contributed by atoms with van der Waals surface area (Å²) in [5.74, 6) is -0.454. The molecular weight excluding hydrogens is 311 g/mol. The van der Waals surface area contributed by atoms with E-state index in [-0.39, 0.29) is 20.8 Å². The molecule has 19 heavy (non-hydrogen) atoms. The fourth-order valence-corrected chi connectivity index (χ4v) is 4.27. The monoisotopic (exact) mass is 320 g/mol. The van der Waals surface area contributed by atoms with Crippen LogP contribution in [0.4, 0.5) is 4.39 Å². The molecule has 1 aromatic heterocycles. The lowest BCUT2D eigenvalue weighted by atomic mass is 10.2. The molecule has 0 amide bonds. The Hall–Kier alpha value is -1.02. The average Bonchev–Trinajstić information content (AvgIpc) is 2.68. The average molecular weight is 321 g/mol. The number of benzene rings is 1. The quantitative estimate of drug-likeness (QED) is 0.942. The number of nitrogens with zero attached hydrogens (tertiary/aromatic N) is 1. The van der Waals surface area contributed by atoms with Gasteiger partial charge in [0.15, 0.2) is 8.68 Å². The summed E-state index contributed by atoms with van der Waals surface area (Å²) in [7, 11) is -3.73. The summed E-state index contributed by atoms with van der Waals surface area (Å²) in [6, 6.07) is 5.98. The molecule has 8 heteroatoms. The fourth-order valence-electron chi connectivity index (χ4n) is 1.48. The number of halogens is 2. The van der Waals surface area contributed by atoms with Gasteiger partial charge in [-0.05, 0) is 13.0 Å². The van der Waals surface area contributed by atoms with E-state index in [0.29, 0.717) is 5.69 Å². The van der Waals surface area contributed by atoms with Crippen molar-refractivity contribution < 1.29 is 12.8 Å². The lowest BCUT2D eigenvalue weighted by molar-refractivity contribution is 0.575. The minimum absolute atomic E-state index is 0.0499. The molecule has 0 aliphatic rings. The van der Waals surface area contributed by atoms with E-state index < -0.39 is 15.8 Å². The van der Waals surface area contributed by atoms with Crippen LogP contribution in [0.3, 0.4) is 0 Å². The van der Waals surface area contributed by atoms with Gasteiger partial charge in [-0.25, -0.2) is 22.5 Å². The summed E-state index contributed by atoms with van der Waals surface area (Å²) in [5.41, 5.74) is 0.607. The van der Waals surface area contributed by atoms with Crippen LogP contribution in [0.25, 0.3) is 0 Å². The van der Waals surface area contributed by atoms with Crippen molar-refractivity contribution in [1.29, 1.82) is 0 Å². The van der Waals surface area contributed by atoms with Gasteiger partial charge in [0.2, 0.25) is 0 Å². The summed E-state index contributed by atoms with van der Waals surface area (Å²) in [5, 5.41) is 0. The molecule has 0 radical (unpaired) electrons. The van der Waals surface area contributed by atoms with Crippen molar-refractivity contribution in [3.8, 4) is 0 Å². The molecule has 1 heterocycles. The molecule has 0 aliphatic carbocycles.